The molecule has 0 bridgehead atoms. The molecule has 0 N–H and O–H groups in total. The molecule has 1 aromatic heterocycles. The van der Waals surface area contributed by atoms with E-state index in [0.717, 1.165) is 54.1 Å². The van der Waals surface area contributed by atoms with Gasteiger partial charge in [0, 0.05) is 18.8 Å². The maximum absolute atomic E-state index is 12.7. The molecule has 0 aliphatic heterocycles. The van der Waals surface area contributed by atoms with Crippen LogP contribution >= 0.6 is 0 Å². The van der Waals surface area contributed by atoms with Gasteiger partial charge in [-0.1, -0.05) is 13.8 Å². The van der Waals surface area contributed by atoms with Gasteiger partial charge in [0.2, 0.25) is 0 Å². The number of carbonyl (C=O) groups excluding carboxylic acids is 2. The van der Waals surface area contributed by atoms with Crippen LogP contribution in [0.5, 0.6) is 0 Å². The number of hydrogen-bond donors (Lipinski definition) is 0. The maximum atomic E-state index is 12.7. The number of methoxy groups -OCH3 is 2. The first-order valence-corrected chi connectivity index (χ1v) is 9.31. The number of aromatic nitrogens is 1. The molecule has 1 aromatic rings. The van der Waals surface area contributed by atoms with E-state index in [0.29, 0.717) is 12.8 Å². The first kappa shape index (κ1) is 20.2. The molecule has 6 heteroatoms. The zero-order valence-electron chi connectivity index (χ0n) is 16.8. The quantitative estimate of drug-likeness (QED) is 0.549. The first-order valence-electron chi connectivity index (χ1n) is 9.31. The van der Waals surface area contributed by atoms with Crippen molar-refractivity contribution in [2.45, 2.75) is 58.8 Å². The number of rotatable bonds is 7. The standard InChI is InChI=1S/C20H30N2O4/c1-7-11-22(12-8-2)17-13(3)16-15(14(4)21-17)9-10-20(16,18(23)25-5)19(24)26-6/h7-12H2,1-6H3. The Bertz CT molecular complexity index is 678. The lowest BCUT2D eigenvalue weighted by molar-refractivity contribution is -0.162. The van der Waals surface area contributed by atoms with Crippen LogP contribution in [0.3, 0.4) is 0 Å². The number of esters is 2. The summed E-state index contributed by atoms with van der Waals surface area (Å²) in [6, 6.07) is 0. The van der Waals surface area contributed by atoms with Gasteiger partial charge in [-0.3, -0.25) is 9.59 Å². The van der Waals surface area contributed by atoms with Crippen molar-refractivity contribution in [3.8, 4) is 0 Å². The summed E-state index contributed by atoms with van der Waals surface area (Å²) in [5.74, 6) is -0.260. The van der Waals surface area contributed by atoms with Crippen molar-refractivity contribution in [1.82, 2.24) is 4.98 Å². The van der Waals surface area contributed by atoms with E-state index in [-0.39, 0.29) is 0 Å². The smallest absolute Gasteiger partial charge is 0.327 e. The second-order valence-corrected chi connectivity index (χ2v) is 6.87. The molecule has 0 fully saturated rings. The van der Waals surface area contributed by atoms with Gasteiger partial charge < -0.3 is 14.4 Å². The van der Waals surface area contributed by atoms with Crippen LogP contribution in [0.2, 0.25) is 0 Å². The predicted molar refractivity (Wildman–Crippen MR) is 101 cm³/mol. The van der Waals surface area contributed by atoms with Crippen LogP contribution < -0.4 is 4.90 Å². The highest BCUT2D eigenvalue weighted by Crippen LogP contribution is 2.46. The molecule has 1 heterocycles. The van der Waals surface area contributed by atoms with E-state index in [9.17, 15) is 9.59 Å². The Hall–Kier alpha value is -2.11. The number of hydrogen-bond acceptors (Lipinski definition) is 6. The van der Waals surface area contributed by atoms with E-state index in [1.165, 1.54) is 14.2 Å². The number of nitrogens with zero attached hydrogens (tertiary/aromatic N) is 2. The minimum absolute atomic E-state index is 0.357. The fraction of sp³-hybridized carbons (Fsp3) is 0.650. The normalized spacial score (nSPS) is 14.7. The lowest BCUT2D eigenvalue weighted by Crippen LogP contribution is -2.44. The SMILES string of the molecule is CCCN(CCC)c1nc(C)c2c(c1C)C(C(=O)OC)(C(=O)OC)CC2. The van der Waals surface area contributed by atoms with E-state index >= 15 is 0 Å². The van der Waals surface area contributed by atoms with Crippen molar-refractivity contribution in [2.75, 3.05) is 32.2 Å². The molecule has 2 rings (SSSR count). The number of aryl methyl sites for hydroxylation is 1. The number of carbonyl (C=O) groups is 2. The highest BCUT2D eigenvalue weighted by molar-refractivity contribution is 6.08. The lowest BCUT2D eigenvalue weighted by atomic mass is 9.79. The Morgan fingerprint density at radius 2 is 1.62 bits per heavy atom. The van der Waals surface area contributed by atoms with Crippen LogP contribution in [0, 0.1) is 13.8 Å². The molecule has 0 spiro atoms. The number of fused-ring (bicyclic) bond motifs is 1. The molecule has 144 valence electrons. The molecule has 0 saturated heterocycles. The van der Waals surface area contributed by atoms with E-state index in [4.69, 9.17) is 14.5 Å². The third-order valence-electron chi connectivity index (χ3n) is 5.25. The Morgan fingerprint density at radius 3 is 2.08 bits per heavy atom. The average Bonchev–Trinajstić information content (AvgIpc) is 3.05. The summed E-state index contributed by atoms with van der Waals surface area (Å²) in [6.45, 7) is 9.91. The second kappa shape index (κ2) is 8.06. The summed E-state index contributed by atoms with van der Waals surface area (Å²) in [5, 5.41) is 0. The molecule has 0 amide bonds. The molecule has 0 unspecified atom stereocenters. The van der Waals surface area contributed by atoms with Crippen molar-refractivity contribution in [1.29, 1.82) is 0 Å². The number of anilines is 1. The van der Waals surface area contributed by atoms with Gasteiger partial charge in [0.25, 0.3) is 0 Å². The van der Waals surface area contributed by atoms with E-state index in [2.05, 4.69) is 18.7 Å². The van der Waals surface area contributed by atoms with E-state index in [1.807, 2.05) is 13.8 Å². The lowest BCUT2D eigenvalue weighted by Gasteiger charge is -2.30. The summed E-state index contributed by atoms with van der Waals surface area (Å²) >= 11 is 0. The molecule has 26 heavy (non-hydrogen) atoms. The third-order valence-corrected chi connectivity index (χ3v) is 5.25. The van der Waals surface area contributed by atoms with Gasteiger partial charge in [-0.05, 0) is 56.2 Å². The van der Waals surface area contributed by atoms with Gasteiger partial charge in [0.05, 0.1) is 14.2 Å². The van der Waals surface area contributed by atoms with Crippen LogP contribution in [0.15, 0.2) is 0 Å². The summed E-state index contributed by atoms with van der Waals surface area (Å²) in [7, 11) is 2.63. The van der Waals surface area contributed by atoms with Crippen LogP contribution in [0.25, 0.3) is 0 Å². The molecule has 0 saturated carbocycles. The van der Waals surface area contributed by atoms with E-state index < -0.39 is 17.4 Å². The van der Waals surface area contributed by atoms with Crippen molar-refractivity contribution in [3.05, 3.63) is 22.4 Å². The molecule has 0 atom stereocenters. The minimum Gasteiger partial charge on any atom is -0.468 e. The van der Waals surface area contributed by atoms with Gasteiger partial charge >= 0.3 is 11.9 Å². The van der Waals surface area contributed by atoms with Gasteiger partial charge in [-0.2, -0.15) is 0 Å². The fourth-order valence-corrected chi connectivity index (χ4v) is 4.16. The first-order chi connectivity index (χ1) is 12.4. The highest BCUT2D eigenvalue weighted by atomic mass is 16.5. The van der Waals surface area contributed by atoms with Crippen molar-refractivity contribution in [2.24, 2.45) is 0 Å². The minimum atomic E-state index is -1.39. The van der Waals surface area contributed by atoms with Crippen LogP contribution in [-0.4, -0.2) is 44.2 Å². The summed E-state index contributed by atoms with van der Waals surface area (Å²) in [4.78, 5) is 32.6. The Balaban J connectivity index is 2.74. The van der Waals surface area contributed by atoms with E-state index in [1.54, 1.807) is 0 Å². The van der Waals surface area contributed by atoms with Gasteiger partial charge in [-0.25, -0.2) is 4.98 Å². The Kier molecular flexibility index (Phi) is 6.26. The molecular weight excluding hydrogens is 332 g/mol. The predicted octanol–water partition coefficient (Wildman–Crippen LogP) is 2.85. The third kappa shape index (κ3) is 3.06. The molecule has 0 aromatic carbocycles. The Morgan fingerprint density at radius 1 is 1.08 bits per heavy atom. The monoisotopic (exact) mass is 362 g/mol. The van der Waals surface area contributed by atoms with Crippen molar-refractivity contribution >= 4 is 17.8 Å². The number of ether oxygens (including phenoxy) is 2. The van der Waals surface area contributed by atoms with Crippen molar-refractivity contribution in [3.63, 3.8) is 0 Å². The van der Waals surface area contributed by atoms with Crippen molar-refractivity contribution < 1.29 is 19.1 Å². The maximum Gasteiger partial charge on any atom is 0.327 e. The zero-order valence-corrected chi connectivity index (χ0v) is 16.8. The van der Waals surface area contributed by atoms with Crippen LogP contribution in [0.1, 0.15) is 55.5 Å². The largest absolute Gasteiger partial charge is 0.468 e. The molecular formula is C20H30N2O4. The topological polar surface area (TPSA) is 68.7 Å². The summed E-state index contributed by atoms with van der Waals surface area (Å²) in [6.07, 6.45) is 2.96. The fourth-order valence-electron chi connectivity index (χ4n) is 4.16. The number of pyridine rings is 1. The van der Waals surface area contributed by atoms with Gasteiger partial charge in [-0.15, -0.1) is 0 Å². The zero-order chi connectivity index (χ0) is 19.5. The molecule has 0 radical (unpaired) electrons. The highest BCUT2D eigenvalue weighted by Gasteiger charge is 2.55. The summed E-state index contributed by atoms with van der Waals surface area (Å²) < 4.78 is 10.1. The second-order valence-electron chi connectivity index (χ2n) is 6.87. The van der Waals surface area contributed by atoms with Crippen LogP contribution in [-0.2, 0) is 30.9 Å². The molecule has 6 nitrogen and oxygen atoms in total. The average molecular weight is 362 g/mol. The Labute approximate surface area is 155 Å². The van der Waals surface area contributed by atoms with Gasteiger partial charge in [0.1, 0.15) is 5.82 Å². The summed E-state index contributed by atoms with van der Waals surface area (Å²) in [5.41, 5.74) is 2.05. The molecule has 1 aliphatic carbocycles. The molecule has 1 aliphatic rings. The van der Waals surface area contributed by atoms with Gasteiger partial charge in [0.15, 0.2) is 5.41 Å². The van der Waals surface area contributed by atoms with Crippen LogP contribution in [0.4, 0.5) is 5.82 Å².